The summed E-state index contributed by atoms with van der Waals surface area (Å²) in [5, 5.41) is 12.4. The Morgan fingerprint density at radius 1 is 1.29 bits per heavy atom. The fraction of sp³-hybridized carbons (Fsp3) is 0.333. The van der Waals surface area contributed by atoms with Gasteiger partial charge in [-0.05, 0) is 44.2 Å². The van der Waals surface area contributed by atoms with Crippen LogP contribution in [0.3, 0.4) is 0 Å². The van der Waals surface area contributed by atoms with E-state index >= 15 is 0 Å². The van der Waals surface area contributed by atoms with Crippen LogP contribution in [0, 0.1) is 0 Å². The number of aliphatic imine (C=N–C) groups is 1. The summed E-state index contributed by atoms with van der Waals surface area (Å²) < 4.78 is 5.28. The van der Waals surface area contributed by atoms with E-state index < -0.39 is 0 Å². The van der Waals surface area contributed by atoms with Crippen molar-refractivity contribution in [3.63, 3.8) is 0 Å². The van der Waals surface area contributed by atoms with E-state index in [1.54, 1.807) is 18.3 Å². The van der Waals surface area contributed by atoms with Crippen molar-refractivity contribution < 1.29 is 29.7 Å². The van der Waals surface area contributed by atoms with E-state index in [0.29, 0.717) is 22.9 Å². The van der Waals surface area contributed by atoms with Crippen molar-refractivity contribution in [2.24, 2.45) is 4.99 Å². The second-order valence-electron chi connectivity index (χ2n) is 6.23. The molecule has 0 aliphatic heterocycles. The van der Waals surface area contributed by atoms with Gasteiger partial charge in [-0.15, -0.1) is 17.1 Å². The summed E-state index contributed by atoms with van der Waals surface area (Å²) in [4.78, 5) is 18.5. The Morgan fingerprint density at radius 3 is 2.61 bits per heavy atom. The van der Waals surface area contributed by atoms with Gasteiger partial charge in [0.2, 0.25) is 0 Å². The van der Waals surface area contributed by atoms with Crippen LogP contribution in [0.4, 0.5) is 5.00 Å². The molecule has 1 aromatic heterocycles. The van der Waals surface area contributed by atoms with Crippen molar-refractivity contribution in [2.45, 2.75) is 39.5 Å². The van der Waals surface area contributed by atoms with Crippen molar-refractivity contribution >= 4 is 38.1 Å². The molecule has 0 fully saturated rings. The first-order valence-electron chi connectivity index (χ1n) is 9.02. The first kappa shape index (κ1) is 22.7. The number of benzene rings is 1. The van der Waals surface area contributed by atoms with E-state index in [0.717, 1.165) is 36.8 Å². The molecule has 0 amide bonds. The quantitative estimate of drug-likeness (QED) is 0.273. The topological polar surface area (TPSA) is 61.7 Å². The van der Waals surface area contributed by atoms with Gasteiger partial charge in [-0.25, -0.2) is 9.79 Å². The molecule has 1 aromatic carbocycles. The van der Waals surface area contributed by atoms with Gasteiger partial charge in [-0.3, -0.25) is 0 Å². The van der Waals surface area contributed by atoms with Crippen LogP contribution in [-0.4, -0.2) is 18.3 Å². The monoisotopic (exact) mass is 466 g/mol. The van der Waals surface area contributed by atoms with E-state index in [4.69, 9.17) is 9.73 Å². The first-order valence-corrected chi connectivity index (χ1v) is 11.1. The molecule has 0 radical (unpaired) electrons. The molecule has 0 unspecified atom stereocenters. The number of nitrogens with zero attached hydrogens (tertiary/aromatic N) is 1. The molecule has 0 saturated carbocycles. The summed E-state index contributed by atoms with van der Waals surface area (Å²) in [5.41, 5.74) is 3.08. The van der Waals surface area contributed by atoms with Crippen molar-refractivity contribution in [2.75, 3.05) is 6.61 Å². The number of esters is 1. The van der Waals surface area contributed by atoms with Gasteiger partial charge in [-0.2, -0.15) is 0 Å². The van der Waals surface area contributed by atoms with Crippen molar-refractivity contribution in [1.29, 1.82) is 0 Å². The number of thiophene rings is 1. The van der Waals surface area contributed by atoms with Gasteiger partial charge in [0, 0.05) is 10.4 Å². The number of carbonyl (C=O) groups is 1. The van der Waals surface area contributed by atoms with Crippen LogP contribution in [0.15, 0.2) is 47.2 Å². The predicted octanol–water partition coefficient (Wildman–Crippen LogP) is 4.88. The molecule has 0 bridgehead atoms. The third kappa shape index (κ3) is 5.71. The molecule has 1 aliphatic rings. The summed E-state index contributed by atoms with van der Waals surface area (Å²) >= 11 is 5.21. The maximum atomic E-state index is 12.6. The van der Waals surface area contributed by atoms with Crippen LogP contribution in [0.2, 0.25) is 0 Å². The number of aryl methyl sites for hydroxylation is 1. The van der Waals surface area contributed by atoms with Crippen LogP contribution in [-0.2, 0) is 32.7 Å². The molecule has 28 heavy (non-hydrogen) atoms. The summed E-state index contributed by atoms with van der Waals surface area (Å²) in [6, 6.07) is 9.56. The van der Waals surface area contributed by atoms with Gasteiger partial charge in [0.1, 0.15) is 5.00 Å². The standard InChI is InChI=1S/C21H23NO3S.ClH.Cu/c1-3-25-21(24)19-16-11-7-8-12-18(16)26-20(19)22-17(13-14(2)23)15-9-5-4-6-10-15;;/h4-6,9-10,13,23H,3,7-8,11-12H2,1-2H3;1H;/q;;+2/p-2/b14-13?,22-17+;;. The Balaban J connectivity index is 0.00000136. The Bertz CT molecular complexity index is 858. The molecule has 3 rings (SSSR count). The summed E-state index contributed by atoms with van der Waals surface area (Å²) in [6.45, 7) is 3.64. The van der Waals surface area contributed by atoms with Gasteiger partial charge in [0.05, 0.1) is 17.9 Å². The Hall–Kier alpha value is -1.59. The van der Waals surface area contributed by atoms with Crippen LogP contribution >= 0.6 is 21.4 Å². The number of rotatable bonds is 5. The first-order chi connectivity index (χ1) is 13.6. The fourth-order valence-electron chi connectivity index (χ4n) is 3.14. The van der Waals surface area contributed by atoms with Gasteiger partial charge in [0.25, 0.3) is 0 Å². The van der Waals surface area contributed by atoms with Gasteiger partial charge >= 0.3 is 31.2 Å². The molecular formula is C21H22ClCuNO3S. The van der Waals surface area contributed by atoms with Gasteiger partial charge in [-0.1, -0.05) is 37.3 Å². The second-order valence-corrected chi connectivity index (χ2v) is 7.31. The van der Waals surface area contributed by atoms with Crippen molar-refractivity contribution in [1.82, 2.24) is 0 Å². The number of hydrogen-bond donors (Lipinski definition) is 0. The minimum atomic E-state index is -0.319. The fourth-order valence-corrected chi connectivity index (χ4v) is 4.39. The zero-order valence-corrected chi connectivity index (χ0v) is 18.3. The molecule has 0 atom stereocenters. The minimum absolute atomic E-state index is 0.0772. The predicted molar refractivity (Wildman–Crippen MR) is 109 cm³/mol. The zero-order valence-electron chi connectivity index (χ0n) is 15.8. The number of halogens is 1. The van der Waals surface area contributed by atoms with Gasteiger partial charge in [0.15, 0.2) is 0 Å². The third-order valence-electron chi connectivity index (χ3n) is 4.26. The number of fused-ring (bicyclic) bond motifs is 1. The average molecular weight is 467 g/mol. The van der Waals surface area contributed by atoms with Crippen molar-refractivity contribution in [3.8, 4) is 0 Å². The van der Waals surface area contributed by atoms with Crippen LogP contribution in [0.5, 0.6) is 0 Å². The molecule has 0 spiro atoms. The third-order valence-corrected chi connectivity index (χ3v) is 5.45. The Kier molecular flexibility index (Phi) is 9.26. The molecule has 4 nitrogen and oxygen atoms in total. The molecule has 1 aliphatic carbocycles. The number of carbonyl (C=O) groups excluding carboxylic acids is 1. The van der Waals surface area contributed by atoms with Crippen LogP contribution in [0.25, 0.3) is 0 Å². The molecule has 0 saturated heterocycles. The second kappa shape index (κ2) is 11.4. The molecular weight excluding hydrogens is 445 g/mol. The Morgan fingerprint density at radius 2 is 1.96 bits per heavy atom. The number of allylic oxidation sites excluding steroid dienone is 2. The zero-order chi connectivity index (χ0) is 20.5. The van der Waals surface area contributed by atoms with Gasteiger partial charge < -0.3 is 9.84 Å². The maximum absolute atomic E-state index is 12.6. The van der Waals surface area contributed by atoms with Crippen LogP contribution in [0.1, 0.15) is 53.1 Å². The van der Waals surface area contributed by atoms with E-state index in [2.05, 4.69) is 25.2 Å². The SMILES string of the molecule is CCOC(=O)c1c(/N=C(\C=C(C)[O-])c2ccccc2)sc2c1CCCC2.[Cl][Cu+]. The summed E-state index contributed by atoms with van der Waals surface area (Å²) in [7, 11) is 4.20. The molecule has 0 N–H and O–H groups in total. The summed E-state index contributed by atoms with van der Waals surface area (Å²) in [5.74, 6) is -0.396. The molecule has 2 aromatic rings. The average Bonchev–Trinajstić information content (AvgIpc) is 3.07. The van der Waals surface area contributed by atoms with E-state index in [1.165, 1.54) is 17.9 Å². The normalized spacial score (nSPS) is 14.0. The molecule has 1 heterocycles. The number of hydrogen-bond acceptors (Lipinski definition) is 5. The van der Waals surface area contributed by atoms with E-state index in [9.17, 15) is 9.90 Å². The summed E-state index contributed by atoms with van der Waals surface area (Å²) in [6.07, 6.45) is 5.57. The van der Waals surface area contributed by atoms with E-state index in [-0.39, 0.29) is 11.7 Å². The van der Waals surface area contributed by atoms with E-state index in [1.807, 2.05) is 30.3 Å². The number of ether oxygens (including phenoxy) is 1. The molecule has 153 valence electrons. The van der Waals surface area contributed by atoms with Crippen LogP contribution < -0.4 is 5.11 Å². The Labute approximate surface area is 182 Å². The van der Waals surface area contributed by atoms with Crippen molar-refractivity contribution in [3.05, 3.63) is 63.7 Å². The molecule has 7 heteroatoms.